The third-order valence-corrected chi connectivity index (χ3v) is 2.43. The first-order valence-electron chi connectivity index (χ1n) is 5.14. The number of rotatable bonds is 4. The van der Waals surface area contributed by atoms with E-state index < -0.39 is 0 Å². The zero-order valence-electron chi connectivity index (χ0n) is 9.83. The molecule has 0 fully saturated rings. The molecule has 16 heavy (non-hydrogen) atoms. The Balaban J connectivity index is 2.94. The van der Waals surface area contributed by atoms with E-state index >= 15 is 0 Å². The molecule has 88 valence electrons. The second-order valence-electron chi connectivity index (χ2n) is 3.66. The summed E-state index contributed by atoms with van der Waals surface area (Å²) in [6.45, 7) is 3.80. The van der Waals surface area contributed by atoms with Gasteiger partial charge >= 0.3 is 0 Å². The van der Waals surface area contributed by atoms with E-state index in [0.29, 0.717) is 11.4 Å². The lowest BCUT2D eigenvalue weighted by Crippen LogP contribution is -2.13. The molecule has 0 saturated heterocycles. The maximum atomic E-state index is 11.4. The van der Waals surface area contributed by atoms with Gasteiger partial charge in [0.1, 0.15) is 5.75 Å². The van der Waals surface area contributed by atoms with Gasteiger partial charge in [0, 0.05) is 0 Å². The van der Waals surface area contributed by atoms with Gasteiger partial charge in [-0.2, -0.15) is 0 Å². The van der Waals surface area contributed by atoms with Gasteiger partial charge in [0.05, 0.1) is 25.8 Å². The van der Waals surface area contributed by atoms with E-state index in [-0.39, 0.29) is 18.9 Å². The van der Waals surface area contributed by atoms with Gasteiger partial charge in [-0.15, -0.1) is 0 Å². The molecule has 0 atom stereocenters. The molecule has 1 rings (SSSR count). The maximum Gasteiger partial charge on any atom is 0.226 e. The molecule has 0 spiro atoms. The van der Waals surface area contributed by atoms with Crippen molar-refractivity contribution in [2.24, 2.45) is 0 Å². The second kappa shape index (κ2) is 5.51. The monoisotopic (exact) mass is 223 g/mol. The number of nitrogens with one attached hydrogen (secondary N) is 1. The van der Waals surface area contributed by atoms with Crippen molar-refractivity contribution in [3.63, 3.8) is 0 Å². The fourth-order valence-corrected chi connectivity index (χ4v) is 1.37. The fourth-order valence-electron chi connectivity index (χ4n) is 1.37. The number of benzene rings is 1. The summed E-state index contributed by atoms with van der Waals surface area (Å²) >= 11 is 0. The molecule has 1 amide bonds. The SMILES string of the molecule is COc1cc(C)c(C)cc1NC(=O)CCO. The molecule has 4 nitrogen and oxygen atoms in total. The molecule has 2 N–H and O–H groups in total. The number of hydrogen-bond acceptors (Lipinski definition) is 3. The van der Waals surface area contributed by atoms with Crippen molar-refractivity contribution in [2.75, 3.05) is 19.0 Å². The number of aryl methyl sites for hydroxylation is 2. The summed E-state index contributed by atoms with van der Waals surface area (Å²) in [6, 6.07) is 3.74. The largest absolute Gasteiger partial charge is 0.495 e. The van der Waals surface area contributed by atoms with Crippen molar-refractivity contribution < 1.29 is 14.6 Å². The van der Waals surface area contributed by atoms with Crippen molar-refractivity contribution >= 4 is 11.6 Å². The van der Waals surface area contributed by atoms with Crippen LogP contribution in [0, 0.1) is 13.8 Å². The van der Waals surface area contributed by atoms with Crippen LogP contribution < -0.4 is 10.1 Å². The number of aliphatic hydroxyl groups excluding tert-OH is 1. The standard InChI is InChI=1S/C12H17NO3/c1-8-6-10(13-12(15)4-5-14)11(16-3)7-9(8)2/h6-7,14H,4-5H2,1-3H3,(H,13,15). The van der Waals surface area contributed by atoms with Gasteiger partial charge < -0.3 is 15.2 Å². The lowest BCUT2D eigenvalue weighted by atomic mass is 10.1. The molecule has 0 radical (unpaired) electrons. The van der Waals surface area contributed by atoms with Gasteiger partial charge in [-0.3, -0.25) is 4.79 Å². The smallest absolute Gasteiger partial charge is 0.226 e. The lowest BCUT2D eigenvalue weighted by molar-refractivity contribution is -0.116. The van der Waals surface area contributed by atoms with Crippen molar-refractivity contribution in [2.45, 2.75) is 20.3 Å². The molecule has 4 heteroatoms. The molecule has 0 aliphatic rings. The number of hydrogen-bond donors (Lipinski definition) is 2. The molecule has 0 bridgehead atoms. The first kappa shape index (κ1) is 12.5. The molecular formula is C12H17NO3. The quantitative estimate of drug-likeness (QED) is 0.815. The minimum Gasteiger partial charge on any atom is -0.495 e. The van der Waals surface area contributed by atoms with Gasteiger partial charge in [0.2, 0.25) is 5.91 Å². The molecular weight excluding hydrogens is 206 g/mol. The molecule has 0 unspecified atom stereocenters. The second-order valence-corrected chi connectivity index (χ2v) is 3.66. The summed E-state index contributed by atoms with van der Waals surface area (Å²) < 4.78 is 5.18. The van der Waals surface area contributed by atoms with Crippen LogP contribution in [0.3, 0.4) is 0 Å². The summed E-state index contributed by atoms with van der Waals surface area (Å²) in [5, 5.41) is 11.4. The van der Waals surface area contributed by atoms with Gasteiger partial charge in [-0.05, 0) is 37.1 Å². The summed E-state index contributed by atoms with van der Waals surface area (Å²) in [4.78, 5) is 11.4. The fraction of sp³-hybridized carbons (Fsp3) is 0.417. The molecule has 0 saturated carbocycles. The van der Waals surface area contributed by atoms with E-state index in [1.54, 1.807) is 7.11 Å². The Morgan fingerprint density at radius 2 is 2.00 bits per heavy atom. The van der Waals surface area contributed by atoms with Gasteiger partial charge in [-0.1, -0.05) is 0 Å². The number of carbonyl (C=O) groups excluding carboxylic acids is 1. The summed E-state index contributed by atoms with van der Waals surface area (Å²) in [5.41, 5.74) is 2.83. The Morgan fingerprint density at radius 1 is 1.38 bits per heavy atom. The van der Waals surface area contributed by atoms with Crippen LogP contribution >= 0.6 is 0 Å². The Morgan fingerprint density at radius 3 is 2.56 bits per heavy atom. The third kappa shape index (κ3) is 2.97. The van der Waals surface area contributed by atoms with Crippen LogP contribution in [0.2, 0.25) is 0 Å². The van der Waals surface area contributed by atoms with Crippen molar-refractivity contribution in [1.29, 1.82) is 0 Å². The van der Waals surface area contributed by atoms with Crippen LogP contribution in [0.1, 0.15) is 17.5 Å². The maximum absolute atomic E-state index is 11.4. The first-order chi connectivity index (χ1) is 7.58. The lowest BCUT2D eigenvalue weighted by Gasteiger charge is -2.12. The van der Waals surface area contributed by atoms with E-state index in [1.165, 1.54) is 0 Å². The number of methoxy groups -OCH3 is 1. The highest BCUT2D eigenvalue weighted by Gasteiger charge is 2.08. The molecule has 0 aromatic heterocycles. The van der Waals surface area contributed by atoms with Crippen molar-refractivity contribution in [1.82, 2.24) is 0 Å². The number of carbonyl (C=O) groups is 1. The summed E-state index contributed by atoms with van der Waals surface area (Å²) in [6.07, 6.45) is 0.0933. The minimum absolute atomic E-state index is 0.0933. The number of aliphatic hydroxyl groups is 1. The Labute approximate surface area is 95.2 Å². The Hall–Kier alpha value is -1.55. The highest BCUT2D eigenvalue weighted by atomic mass is 16.5. The highest BCUT2D eigenvalue weighted by Crippen LogP contribution is 2.27. The van der Waals surface area contributed by atoms with Crippen LogP contribution in [0.4, 0.5) is 5.69 Å². The molecule has 0 aliphatic heterocycles. The Kier molecular flexibility index (Phi) is 4.31. The number of amides is 1. The molecule has 1 aromatic carbocycles. The number of ether oxygens (including phenoxy) is 1. The Bertz CT molecular complexity index is 388. The predicted molar refractivity (Wildman–Crippen MR) is 62.8 cm³/mol. The average Bonchev–Trinajstić information content (AvgIpc) is 2.23. The van der Waals surface area contributed by atoms with Crippen LogP contribution in [-0.4, -0.2) is 24.7 Å². The molecule has 1 aromatic rings. The van der Waals surface area contributed by atoms with Crippen LogP contribution in [0.5, 0.6) is 5.75 Å². The van der Waals surface area contributed by atoms with Crippen LogP contribution in [0.15, 0.2) is 12.1 Å². The van der Waals surface area contributed by atoms with E-state index in [4.69, 9.17) is 9.84 Å². The molecule has 0 heterocycles. The minimum atomic E-state index is -0.218. The van der Waals surface area contributed by atoms with E-state index in [1.807, 2.05) is 26.0 Å². The van der Waals surface area contributed by atoms with Gasteiger partial charge in [0.25, 0.3) is 0 Å². The van der Waals surface area contributed by atoms with E-state index in [9.17, 15) is 4.79 Å². The number of anilines is 1. The summed E-state index contributed by atoms with van der Waals surface area (Å²) in [7, 11) is 1.56. The average molecular weight is 223 g/mol. The van der Waals surface area contributed by atoms with Crippen LogP contribution in [-0.2, 0) is 4.79 Å². The molecule has 0 aliphatic carbocycles. The van der Waals surface area contributed by atoms with Crippen LogP contribution in [0.25, 0.3) is 0 Å². The third-order valence-electron chi connectivity index (χ3n) is 2.43. The summed E-state index contributed by atoms with van der Waals surface area (Å²) in [5.74, 6) is 0.415. The van der Waals surface area contributed by atoms with Gasteiger partial charge in [0.15, 0.2) is 0 Å². The van der Waals surface area contributed by atoms with Crippen molar-refractivity contribution in [3.05, 3.63) is 23.3 Å². The van der Waals surface area contributed by atoms with Gasteiger partial charge in [-0.25, -0.2) is 0 Å². The highest BCUT2D eigenvalue weighted by molar-refractivity contribution is 5.92. The first-order valence-corrected chi connectivity index (χ1v) is 5.14. The van der Waals surface area contributed by atoms with E-state index in [2.05, 4.69) is 5.32 Å². The van der Waals surface area contributed by atoms with Crippen molar-refractivity contribution in [3.8, 4) is 5.75 Å². The normalized spacial score (nSPS) is 10.0. The predicted octanol–water partition coefficient (Wildman–Crippen LogP) is 1.63. The zero-order chi connectivity index (χ0) is 12.1. The van der Waals surface area contributed by atoms with E-state index in [0.717, 1.165) is 11.1 Å². The zero-order valence-corrected chi connectivity index (χ0v) is 9.83. The topological polar surface area (TPSA) is 58.6 Å².